The molecule has 0 heterocycles. The van der Waals surface area contributed by atoms with Crippen LogP contribution in [0.5, 0.6) is 0 Å². The molecule has 7 N–H and O–H groups in total. The Morgan fingerprint density at radius 3 is 2.04 bits per heavy atom. The topological polar surface area (TPSA) is 211 Å². The van der Waals surface area contributed by atoms with Crippen molar-refractivity contribution in [3.63, 3.8) is 0 Å². The van der Waals surface area contributed by atoms with E-state index in [4.69, 9.17) is 17.3 Å². The van der Waals surface area contributed by atoms with Crippen molar-refractivity contribution in [1.29, 1.82) is 0 Å². The lowest BCUT2D eigenvalue weighted by molar-refractivity contribution is -0.140. The molecular weight excluding hydrogens is 392 g/mol. The summed E-state index contributed by atoms with van der Waals surface area (Å²) in [4.78, 5) is 60.1. The van der Waals surface area contributed by atoms with Crippen LogP contribution in [0.15, 0.2) is 5.29 Å². The highest BCUT2D eigenvalue weighted by Crippen LogP contribution is 2.71. The number of halogens is 1. The Balaban J connectivity index is 6.07. The molecule has 1 atom stereocenters. The normalized spacial score (nSPS) is 14.3. The van der Waals surface area contributed by atoms with E-state index >= 15 is 0 Å². The molecule has 142 valence electrons. The molecule has 0 aliphatic heterocycles. The van der Waals surface area contributed by atoms with Gasteiger partial charge in [-0.1, -0.05) is 6.42 Å². The molecule has 24 heavy (non-hydrogen) atoms. The van der Waals surface area contributed by atoms with Gasteiger partial charge in [0.05, 0.1) is 17.7 Å². The van der Waals surface area contributed by atoms with E-state index in [1.54, 1.807) is 0 Å². The van der Waals surface area contributed by atoms with Crippen molar-refractivity contribution in [2.45, 2.75) is 24.3 Å². The number of aliphatic hydroxyl groups is 1. The van der Waals surface area contributed by atoms with E-state index in [1.165, 1.54) is 0 Å². The van der Waals surface area contributed by atoms with Gasteiger partial charge in [0.25, 0.3) is 11.0 Å². The molecule has 0 aliphatic carbocycles. The van der Waals surface area contributed by atoms with E-state index in [0.717, 1.165) is 0 Å². The van der Waals surface area contributed by atoms with Crippen LogP contribution >= 0.6 is 26.8 Å². The molecule has 0 fully saturated rings. The molecule has 1 amide bonds. The predicted molar refractivity (Wildman–Crippen MR) is 83.7 cm³/mol. The standard InChI is InChI=1S/C9H20ClN3O9P2/c10-4-6-13(12-16)8(14)7(3-1-2-5-11)9(15,23(17,18)19)24(20,21)22/h7,15H,1-6,11H2,(H2,17,18,19)(H2,20,21,22). The van der Waals surface area contributed by atoms with Gasteiger partial charge in [0.15, 0.2) is 0 Å². The van der Waals surface area contributed by atoms with E-state index in [0.29, 0.717) is 0 Å². The lowest BCUT2D eigenvalue weighted by Crippen LogP contribution is -2.47. The molecule has 0 saturated heterocycles. The second kappa shape index (κ2) is 9.33. The predicted octanol–water partition coefficient (Wildman–Crippen LogP) is -0.518. The summed E-state index contributed by atoms with van der Waals surface area (Å²) in [6, 6.07) is 0. The molecular formula is C9H20ClN3O9P2. The third-order valence-corrected chi connectivity index (χ3v) is 7.29. The Hall–Kier alpha value is -0.420. The summed E-state index contributed by atoms with van der Waals surface area (Å²) in [5, 5.41) is 8.61. The Kier molecular flexibility index (Phi) is 9.16. The third kappa shape index (κ3) is 5.29. The summed E-state index contributed by atoms with van der Waals surface area (Å²) in [5.41, 5.74) is 5.25. The Morgan fingerprint density at radius 1 is 1.21 bits per heavy atom. The molecule has 0 aromatic rings. The van der Waals surface area contributed by atoms with E-state index in [1.807, 2.05) is 0 Å². The Labute approximate surface area is 142 Å². The van der Waals surface area contributed by atoms with Crippen molar-refractivity contribution in [3.05, 3.63) is 4.91 Å². The largest absolute Gasteiger partial charge is 0.370 e. The monoisotopic (exact) mass is 411 g/mol. The summed E-state index contributed by atoms with van der Waals surface area (Å²) in [6.45, 7) is -0.349. The second-order valence-electron chi connectivity index (χ2n) is 4.84. The maximum atomic E-state index is 12.3. The van der Waals surface area contributed by atoms with Crippen LogP contribution in [0.1, 0.15) is 19.3 Å². The number of carbonyl (C=O) groups is 1. The molecule has 0 radical (unpaired) electrons. The SMILES string of the molecule is NCCCCC(C(=O)N(CCCl)N=O)C(O)(P(=O)(O)O)P(=O)(O)O. The number of carbonyl (C=O) groups excluding carboxylic acids is 1. The fraction of sp³-hybridized carbons (Fsp3) is 0.889. The lowest BCUT2D eigenvalue weighted by atomic mass is 10.0. The molecule has 0 rings (SSSR count). The quantitative estimate of drug-likeness (QED) is 0.0841. The van der Waals surface area contributed by atoms with Gasteiger partial charge in [-0.05, 0) is 19.4 Å². The number of rotatable bonds is 11. The highest BCUT2D eigenvalue weighted by Gasteiger charge is 2.66. The van der Waals surface area contributed by atoms with E-state index in [2.05, 4.69) is 5.29 Å². The first kappa shape index (κ1) is 23.6. The third-order valence-electron chi connectivity index (χ3n) is 3.22. The zero-order valence-corrected chi connectivity index (χ0v) is 15.0. The maximum Gasteiger partial charge on any atom is 0.370 e. The van der Waals surface area contributed by atoms with Gasteiger partial charge in [-0.2, -0.15) is 5.01 Å². The Morgan fingerprint density at radius 2 is 1.71 bits per heavy atom. The molecule has 15 heteroatoms. The van der Waals surface area contributed by atoms with Gasteiger partial charge < -0.3 is 30.4 Å². The van der Waals surface area contributed by atoms with Crippen molar-refractivity contribution in [1.82, 2.24) is 5.01 Å². The molecule has 1 unspecified atom stereocenters. The number of alkyl halides is 1. The van der Waals surface area contributed by atoms with Crippen LogP contribution < -0.4 is 5.73 Å². The molecule has 0 spiro atoms. The van der Waals surface area contributed by atoms with Gasteiger partial charge in [-0.25, -0.2) is 0 Å². The first-order valence-corrected chi connectivity index (χ1v) is 10.4. The van der Waals surface area contributed by atoms with Crippen molar-refractivity contribution in [2.24, 2.45) is 16.9 Å². The van der Waals surface area contributed by atoms with Crippen LogP contribution in [0.25, 0.3) is 0 Å². The molecule has 0 aromatic carbocycles. The molecule has 0 bridgehead atoms. The number of hydrogen-bond acceptors (Lipinski definition) is 7. The first-order chi connectivity index (χ1) is 10.9. The lowest BCUT2D eigenvalue weighted by Gasteiger charge is -2.36. The van der Waals surface area contributed by atoms with E-state index < -0.39 is 45.1 Å². The van der Waals surface area contributed by atoms with Gasteiger partial charge >= 0.3 is 15.2 Å². The summed E-state index contributed by atoms with van der Waals surface area (Å²) in [7, 11) is -11.8. The van der Waals surface area contributed by atoms with Crippen LogP contribution in [0.2, 0.25) is 0 Å². The van der Waals surface area contributed by atoms with Gasteiger partial charge in [0.2, 0.25) is 0 Å². The van der Waals surface area contributed by atoms with Gasteiger partial charge in [-0.3, -0.25) is 13.9 Å². The molecule has 0 aliphatic rings. The summed E-state index contributed by atoms with van der Waals surface area (Å²) >= 11 is 5.37. The first-order valence-electron chi connectivity index (χ1n) is 6.62. The number of unbranched alkanes of at least 4 members (excludes halogenated alkanes) is 1. The highest BCUT2D eigenvalue weighted by atomic mass is 35.5. The maximum absolute atomic E-state index is 12.3. The minimum atomic E-state index is -5.90. The summed E-state index contributed by atoms with van der Waals surface area (Å²) in [6.07, 6.45) is -0.300. The summed E-state index contributed by atoms with van der Waals surface area (Å²) < 4.78 is 23.1. The second-order valence-corrected chi connectivity index (χ2v) is 9.11. The number of amides is 1. The fourth-order valence-corrected chi connectivity index (χ4v) is 4.81. The van der Waals surface area contributed by atoms with Crippen LogP contribution in [-0.2, 0) is 13.9 Å². The van der Waals surface area contributed by atoms with Crippen molar-refractivity contribution >= 4 is 32.7 Å². The number of hydrogen-bond donors (Lipinski definition) is 6. The van der Waals surface area contributed by atoms with Crippen molar-refractivity contribution in [3.8, 4) is 0 Å². The molecule has 12 nitrogen and oxygen atoms in total. The van der Waals surface area contributed by atoms with Gasteiger partial charge in [0.1, 0.15) is 0 Å². The van der Waals surface area contributed by atoms with E-state index in [9.17, 15) is 43.5 Å². The minimum Gasteiger partial charge on any atom is -0.367 e. The van der Waals surface area contributed by atoms with Crippen LogP contribution in [0.3, 0.4) is 0 Å². The average molecular weight is 412 g/mol. The minimum absolute atomic E-state index is 0.00277. The summed E-state index contributed by atoms with van der Waals surface area (Å²) in [5.74, 6) is -4.03. The van der Waals surface area contributed by atoms with Crippen molar-refractivity contribution < 1.29 is 38.6 Å². The molecule has 0 saturated carbocycles. The smallest absolute Gasteiger partial charge is 0.367 e. The van der Waals surface area contributed by atoms with Crippen LogP contribution in [0.4, 0.5) is 0 Å². The number of nitrogens with two attached hydrogens (primary N) is 1. The van der Waals surface area contributed by atoms with Crippen LogP contribution in [-0.4, -0.2) is 59.6 Å². The fourth-order valence-electron chi connectivity index (χ4n) is 2.00. The number of nitrogens with zero attached hydrogens (tertiary/aromatic N) is 2. The zero-order chi connectivity index (χ0) is 19.2. The van der Waals surface area contributed by atoms with Crippen molar-refractivity contribution in [2.75, 3.05) is 19.0 Å². The Bertz CT molecular complexity index is 514. The van der Waals surface area contributed by atoms with Crippen LogP contribution in [0, 0.1) is 10.8 Å². The zero-order valence-electron chi connectivity index (χ0n) is 12.4. The highest BCUT2D eigenvalue weighted by molar-refractivity contribution is 7.72. The van der Waals surface area contributed by atoms with E-state index in [-0.39, 0.29) is 30.3 Å². The molecule has 0 aromatic heterocycles. The number of nitroso groups, excluding NO2 is 1. The average Bonchev–Trinajstić information content (AvgIpc) is 2.45. The van der Waals surface area contributed by atoms with Gasteiger partial charge in [0, 0.05) is 5.88 Å². The van der Waals surface area contributed by atoms with Gasteiger partial charge in [-0.15, -0.1) is 16.5 Å².